The van der Waals surface area contributed by atoms with Crippen LogP contribution < -0.4 is 9.47 Å². The first-order chi connectivity index (χ1) is 8.65. The smallest absolute Gasteiger partial charge is 0.356 e. The van der Waals surface area contributed by atoms with Gasteiger partial charge >= 0.3 is 5.97 Å². The van der Waals surface area contributed by atoms with Crippen LogP contribution in [0, 0.1) is 0 Å². The maximum atomic E-state index is 10.8. The topological polar surface area (TPSA) is 73.6 Å². The van der Waals surface area contributed by atoms with E-state index >= 15 is 0 Å². The molecule has 6 nitrogen and oxygen atoms in total. The number of ether oxygens (including phenoxy) is 2. The van der Waals surface area contributed by atoms with Gasteiger partial charge in [-0.25, -0.2) is 9.78 Å². The Balaban J connectivity index is 2.45. The predicted octanol–water partition coefficient (Wildman–Crippen LogP) is 1.59. The second kappa shape index (κ2) is 4.79. The zero-order chi connectivity index (χ0) is 13.1. The van der Waals surface area contributed by atoms with Gasteiger partial charge in [0, 0.05) is 12.3 Å². The average molecular weight is 248 g/mol. The van der Waals surface area contributed by atoms with Crippen molar-refractivity contribution in [2.45, 2.75) is 0 Å². The first-order valence-corrected chi connectivity index (χ1v) is 5.15. The lowest BCUT2D eigenvalue weighted by Crippen LogP contribution is -1.98. The maximum absolute atomic E-state index is 10.8. The summed E-state index contributed by atoms with van der Waals surface area (Å²) in [5.41, 5.74) is 0.672. The van der Waals surface area contributed by atoms with Gasteiger partial charge in [0.25, 0.3) is 0 Å². The van der Waals surface area contributed by atoms with E-state index in [4.69, 9.17) is 14.6 Å². The molecule has 0 bridgehead atoms. The highest BCUT2D eigenvalue weighted by molar-refractivity contribution is 5.85. The lowest BCUT2D eigenvalue weighted by Gasteiger charge is -2.10. The molecule has 1 N–H and O–H groups in total. The number of carboxylic acid groups (broad SMARTS) is 1. The molecular weight excluding hydrogens is 236 g/mol. The van der Waals surface area contributed by atoms with Gasteiger partial charge in [-0.3, -0.25) is 0 Å². The largest absolute Gasteiger partial charge is 0.497 e. The van der Waals surface area contributed by atoms with Gasteiger partial charge in [-0.05, 0) is 12.1 Å². The van der Waals surface area contributed by atoms with Crippen molar-refractivity contribution in [1.29, 1.82) is 0 Å². The van der Waals surface area contributed by atoms with Crippen LogP contribution in [0.15, 0.2) is 30.7 Å². The number of hydrogen-bond donors (Lipinski definition) is 1. The monoisotopic (exact) mass is 248 g/mol. The summed E-state index contributed by atoms with van der Waals surface area (Å²) in [7, 11) is 3.10. The van der Waals surface area contributed by atoms with Crippen molar-refractivity contribution >= 4 is 5.97 Å². The Labute approximate surface area is 103 Å². The van der Waals surface area contributed by atoms with E-state index in [0.29, 0.717) is 17.2 Å². The van der Waals surface area contributed by atoms with Crippen molar-refractivity contribution in [3.05, 3.63) is 36.4 Å². The van der Waals surface area contributed by atoms with Crippen molar-refractivity contribution in [1.82, 2.24) is 9.55 Å². The van der Waals surface area contributed by atoms with E-state index in [0.717, 1.165) is 0 Å². The zero-order valence-corrected chi connectivity index (χ0v) is 9.95. The highest BCUT2D eigenvalue weighted by Crippen LogP contribution is 2.27. The van der Waals surface area contributed by atoms with Gasteiger partial charge in [-0.15, -0.1) is 0 Å². The van der Waals surface area contributed by atoms with E-state index in [1.165, 1.54) is 19.6 Å². The molecule has 6 heteroatoms. The van der Waals surface area contributed by atoms with Gasteiger partial charge in [0.2, 0.25) is 0 Å². The minimum Gasteiger partial charge on any atom is -0.497 e. The molecule has 94 valence electrons. The summed E-state index contributed by atoms with van der Waals surface area (Å²) in [4.78, 5) is 14.6. The molecule has 0 radical (unpaired) electrons. The van der Waals surface area contributed by atoms with Crippen LogP contribution in [0.5, 0.6) is 11.5 Å². The van der Waals surface area contributed by atoms with E-state index in [1.807, 2.05) is 0 Å². The van der Waals surface area contributed by atoms with Crippen LogP contribution in [-0.4, -0.2) is 34.8 Å². The number of imidazole rings is 1. The van der Waals surface area contributed by atoms with Gasteiger partial charge in [-0.2, -0.15) is 0 Å². The van der Waals surface area contributed by atoms with Gasteiger partial charge < -0.3 is 19.1 Å². The number of aromatic carboxylic acids is 1. The Bertz CT molecular complexity index is 577. The summed E-state index contributed by atoms with van der Waals surface area (Å²) in [6.07, 6.45) is 2.85. The Morgan fingerprint density at radius 2 is 2.11 bits per heavy atom. The van der Waals surface area contributed by atoms with E-state index in [2.05, 4.69) is 4.98 Å². The molecule has 0 aliphatic heterocycles. The molecule has 0 saturated heterocycles. The predicted molar refractivity (Wildman–Crippen MR) is 63.6 cm³/mol. The number of hydrogen-bond acceptors (Lipinski definition) is 4. The minimum atomic E-state index is -1.07. The summed E-state index contributed by atoms with van der Waals surface area (Å²) in [6, 6.07) is 5.25. The van der Waals surface area contributed by atoms with Crippen molar-refractivity contribution in [2.75, 3.05) is 14.2 Å². The third-order valence-electron chi connectivity index (χ3n) is 2.47. The van der Waals surface area contributed by atoms with Crippen LogP contribution in [0.25, 0.3) is 5.69 Å². The lowest BCUT2D eigenvalue weighted by atomic mass is 10.2. The molecular formula is C12H12N2O4. The minimum absolute atomic E-state index is 0.0205. The van der Waals surface area contributed by atoms with Gasteiger partial charge in [-0.1, -0.05) is 0 Å². The number of carboxylic acids is 1. The molecule has 1 heterocycles. The van der Waals surface area contributed by atoms with Crippen molar-refractivity contribution in [3.63, 3.8) is 0 Å². The second-order valence-corrected chi connectivity index (χ2v) is 3.51. The van der Waals surface area contributed by atoms with Gasteiger partial charge in [0.1, 0.15) is 17.8 Å². The zero-order valence-electron chi connectivity index (χ0n) is 9.95. The quantitative estimate of drug-likeness (QED) is 0.889. The van der Waals surface area contributed by atoms with Crippen molar-refractivity contribution in [2.24, 2.45) is 0 Å². The number of benzene rings is 1. The standard InChI is InChI=1S/C12H12N2O4/c1-17-8-3-4-10(11(5-8)18-2)14-6-9(12(15)16)13-7-14/h3-7H,1-2H3,(H,15,16). The molecule has 0 atom stereocenters. The van der Waals surface area contributed by atoms with E-state index < -0.39 is 5.97 Å². The molecule has 2 rings (SSSR count). The van der Waals surface area contributed by atoms with Crippen LogP contribution in [-0.2, 0) is 0 Å². The van der Waals surface area contributed by atoms with Gasteiger partial charge in [0.05, 0.1) is 19.9 Å². The molecule has 0 amide bonds. The molecule has 2 aromatic rings. The molecule has 18 heavy (non-hydrogen) atoms. The third-order valence-corrected chi connectivity index (χ3v) is 2.47. The molecule has 0 saturated carbocycles. The van der Waals surface area contributed by atoms with E-state index in [9.17, 15) is 4.79 Å². The average Bonchev–Trinajstić information content (AvgIpc) is 2.87. The Kier molecular flexibility index (Phi) is 3.18. The van der Waals surface area contributed by atoms with E-state index in [1.54, 1.807) is 29.9 Å². The van der Waals surface area contributed by atoms with Crippen molar-refractivity contribution in [3.8, 4) is 17.2 Å². The summed E-state index contributed by atoms with van der Waals surface area (Å²) in [5.74, 6) is 0.166. The van der Waals surface area contributed by atoms with Crippen LogP contribution in [0.2, 0.25) is 0 Å². The molecule has 0 aliphatic rings. The molecule has 0 aliphatic carbocycles. The summed E-state index contributed by atoms with van der Waals surface area (Å²) in [5, 5.41) is 8.83. The fraction of sp³-hybridized carbons (Fsp3) is 0.167. The van der Waals surface area contributed by atoms with E-state index in [-0.39, 0.29) is 5.69 Å². The molecule has 1 aromatic carbocycles. The SMILES string of the molecule is COc1ccc(-n2cnc(C(=O)O)c2)c(OC)c1. The van der Waals surface area contributed by atoms with Crippen LogP contribution in [0.3, 0.4) is 0 Å². The molecule has 1 aromatic heterocycles. The molecule has 0 fully saturated rings. The van der Waals surface area contributed by atoms with Gasteiger partial charge in [0.15, 0.2) is 5.69 Å². The molecule has 0 unspecified atom stereocenters. The Morgan fingerprint density at radius 1 is 1.33 bits per heavy atom. The van der Waals surface area contributed by atoms with Crippen LogP contribution in [0.1, 0.15) is 10.5 Å². The Hall–Kier alpha value is -2.50. The van der Waals surface area contributed by atoms with Crippen LogP contribution in [0.4, 0.5) is 0 Å². The first-order valence-electron chi connectivity index (χ1n) is 5.15. The fourth-order valence-corrected chi connectivity index (χ4v) is 1.56. The summed E-state index contributed by atoms with van der Waals surface area (Å²) in [6.45, 7) is 0. The normalized spacial score (nSPS) is 10.1. The first kappa shape index (κ1) is 12.0. The van der Waals surface area contributed by atoms with Crippen molar-refractivity contribution < 1.29 is 19.4 Å². The molecule has 0 spiro atoms. The third kappa shape index (κ3) is 2.13. The second-order valence-electron chi connectivity index (χ2n) is 3.51. The lowest BCUT2D eigenvalue weighted by molar-refractivity contribution is 0.0691. The summed E-state index contributed by atoms with van der Waals surface area (Å²) < 4.78 is 11.9. The fourth-order valence-electron chi connectivity index (χ4n) is 1.56. The van der Waals surface area contributed by atoms with Crippen LogP contribution >= 0.6 is 0 Å². The number of rotatable bonds is 4. The highest BCUT2D eigenvalue weighted by Gasteiger charge is 2.11. The maximum Gasteiger partial charge on any atom is 0.356 e. The highest BCUT2D eigenvalue weighted by atomic mass is 16.5. The number of nitrogens with zero attached hydrogens (tertiary/aromatic N) is 2. The number of methoxy groups -OCH3 is 2. The Morgan fingerprint density at radius 3 is 2.67 bits per heavy atom. The number of aromatic nitrogens is 2. The summed E-state index contributed by atoms with van der Waals surface area (Å²) >= 11 is 0. The number of carbonyl (C=O) groups is 1.